The zero-order chi connectivity index (χ0) is 14.0. The number of tetrazole rings is 1. The molecule has 9 nitrogen and oxygen atoms in total. The first-order chi connectivity index (χ1) is 9.00. The highest BCUT2D eigenvalue weighted by Crippen LogP contribution is 2.35. The zero-order valence-electron chi connectivity index (χ0n) is 9.55. The fourth-order valence-electron chi connectivity index (χ4n) is 1.37. The molecule has 1 aromatic heterocycles. The van der Waals surface area contributed by atoms with E-state index in [9.17, 15) is 14.9 Å². The number of carboxylic acids is 1. The molecule has 0 bridgehead atoms. The van der Waals surface area contributed by atoms with E-state index in [0.29, 0.717) is 5.16 Å². The molecule has 0 radical (unpaired) electrons. The van der Waals surface area contributed by atoms with E-state index in [2.05, 4.69) is 15.5 Å². The molecule has 0 unspecified atom stereocenters. The lowest BCUT2D eigenvalue weighted by molar-refractivity contribution is -0.388. The lowest BCUT2D eigenvalue weighted by Gasteiger charge is -2.03. The summed E-state index contributed by atoms with van der Waals surface area (Å²) in [6, 6.07) is 4.06. The maximum Gasteiger partial charge on any atom is 0.342 e. The van der Waals surface area contributed by atoms with Gasteiger partial charge in [-0.2, -0.15) is 0 Å². The standard InChI is InChI=1S/C9H7N5O4S/c1-13-9(10-11-12-13)19-6-4-2-3-5(8(15)16)7(6)14(17)18/h2-4H,1H3,(H,15,16). The monoisotopic (exact) mass is 281 g/mol. The summed E-state index contributed by atoms with van der Waals surface area (Å²) < 4.78 is 1.34. The molecule has 0 aliphatic rings. The predicted molar refractivity (Wildman–Crippen MR) is 63.0 cm³/mol. The van der Waals surface area contributed by atoms with Crippen LogP contribution in [0.4, 0.5) is 5.69 Å². The van der Waals surface area contributed by atoms with Gasteiger partial charge in [-0.3, -0.25) is 10.1 Å². The Kier molecular flexibility index (Phi) is 3.42. The average Bonchev–Trinajstić information content (AvgIpc) is 2.74. The number of para-hydroxylation sites is 1. The second-order valence-corrected chi connectivity index (χ2v) is 4.41. The first-order valence-electron chi connectivity index (χ1n) is 4.91. The van der Waals surface area contributed by atoms with Gasteiger partial charge in [0.2, 0.25) is 5.16 Å². The average molecular weight is 281 g/mol. The molecule has 10 heteroatoms. The summed E-state index contributed by atoms with van der Waals surface area (Å²) in [5, 5.41) is 31.0. The highest BCUT2D eigenvalue weighted by molar-refractivity contribution is 7.99. The number of nitro benzene ring substituents is 1. The van der Waals surface area contributed by atoms with Crippen molar-refractivity contribution in [1.82, 2.24) is 20.2 Å². The van der Waals surface area contributed by atoms with Crippen LogP contribution in [0.1, 0.15) is 10.4 Å². The summed E-state index contributed by atoms with van der Waals surface area (Å²) in [7, 11) is 1.58. The Morgan fingerprint density at radius 3 is 2.79 bits per heavy atom. The largest absolute Gasteiger partial charge is 0.477 e. The van der Waals surface area contributed by atoms with Gasteiger partial charge in [0.25, 0.3) is 5.69 Å². The summed E-state index contributed by atoms with van der Waals surface area (Å²) in [6.45, 7) is 0. The van der Waals surface area contributed by atoms with Gasteiger partial charge in [0.15, 0.2) is 0 Å². The van der Waals surface area contributed by atoms with Crippen LogP contribution in [0.5, 0.6) is 0 Å². The molecule has 0 aliphatic carbocycles. The van der Waals surface area contributed by atoms with Crippen molar-refractivity contribution in [1.29, 1.82) is 0 Å². The van der Waals surface area contributed by atoms with Gasteiger partial charge in [-0.25, -0.2) is 9.48 Å². The molecule has 0 saturated heterocycles. The van der Waals surface area contributed by atoms with Crippen molar-refractivity contribution in [2.75, 3.05) is 0 Å². The van der Waals surface area contributed by atoms with Crippen LogP contribution < -0.4 is 0 Å². The number of hydrogen-bond acceptors (Lipinski definition) is 7. The van der Waals surface area contributed by atoms with Crippen molar-refractivity contribution >= 4 is 23.4 Å². The highest BCUT2D eigenvalue weighted by atomic mass is 32.2. The van der Waals surface area contributed by atoms with E-state index in [0.717, 1.165) is 11.8 Å². The molecular weight excluding hydrogens is 274 g/mol. The van der Waals surface area contributed by atoms with Crippen molar-refractivity contribution in [2.24, 2.45) is 7.05 Å². The van der Waals surface area contributed by atoms with Crippen LogP contribution >= 0.6 is 11.8 Å². The normalized spacial score (nSPS) is 10.4. The maximum absolute atomic E-state index is 11.0. The van der Waals surface area contributed by atoms with Crippen molar-refractivity contribution in [3.63, 3.8) is 0 Å². The molecule has 0 spiro atoms. The lowest BCUT2D eigenvalue weighted by atomic mass is 10.2. The molecule has 19 heavy (non-hydrogen) atoms. The number of nitro groups is 1. The van der Waals surface area contributed by atoms with E-state index in [1.165, 1.54) is 22.9 Å². The number of carbonyl (C=O) groups is 1. The van der Waals surface area contributed by atoms with Gasteiger partial charge in [0.05, 0.1) is 9.82 Å². The molecule has 1 N–H and O–H groups in total. The van der Waals surface area contributed by atoms with Crippen LogP contribution in [0.25, 0.3) is 0 Å². The minimum atomic E-state index is -1.36. The Morgan fingerprint density at radius 1 is 1.53 bits per heavy atom. The molecule has 98 valence electrons. The maximum atomic E-state index is 11.0. The van der Waals surface area contributed by atoms with Crippen molar-refractivity contribution < 1.29 is 14.8 Å². The van der Waals surface area contributed by atoms with Gasteiger partial charge >= 0.3 is 5.97 Å². The number of rotatable bonds is 4. The van der Waals surface area contributed by atoms with E-state index in [4.69, 9.17) is 5.11 Å². The third kappa shape index (κ3) is 2.52. The van der Waals surface area contributed by atoms with Gasteiger partial charge in [-0.1, -0.05) is 6.07 Å². The minimum Gasteiger partial charge on any atom is -0.477 e. The third-order valence-electron chi connectivity index (χ3n) is 2.19. The molecule has 0 fully saturated rings. The SMILES string of the molecule is Cn1nnnc1Sc1cccc(C(=O)O)c1[N+](=O)[O-]. The van der Waals surface area contributed by atoms with E-state index in [1.54, 1.807) is 7.05 Å². The molecule has 2 rings (SSSR count). The highest BCUT2D eigenvalue weighted by Gasteiger charge is 2.25. The van der Waals surface area contributed by atoms with Gasteiger partial charge < -0.3 is 5.11 Å². The van der Waals surface area contributed by atoms with Gasteiger partial charge in [-0.15, -0.1) is 5.10 Å². The molecule has 1 heterocycles. The summed E-state index contributed by atoms with van der Waals surface area (Å²) in [4.78, 5) is 21.5. The summed E-state index contributed by atoms with van der Waals surface area (Å²) in [6.07, 6.45) is 0. The van der Waals surface area contributed by atoms with E-state index >= 15 is 0 Å². The predicted octanol–water partition coefficient (Wildman–Crippen LogP) is 0.968. The van der Waals surface area contributed by atoms with Crippen molar-refractivity contribution in [2.45, 2.75) is 10.1 Å². The van der Waals surface area contributed by atoms with Crippen LogP contribution in [-0.4, -0.2) is 36.2 Å². The number of aromatic nitrogens is 4. The first-order valence-corrected chi connectivity index (χ1v) is 5.73. The summed E-state index contributed by atoms with van der Waals surface area (Å²) in [5.74, 6) is -1.36. The fourth-order valence-corrected chi connectivity index (χ4v) is 2.24. The Morgan fingerprint density at radius 2 is 2.26 bits per heavy atom. The van der Waals surface area contributed by atoms with Crippen LogP contribution in [0.2, 0.25) is 0 Å². The van der Waals surface area contributed by atoms with Gasteiger partial charge in [0, 0.05) is 7.05 Å². The Hall–Kier alpha value is -2.49. The van der Waals surface area contributed by atoms with Gasteiger partial charge in [0.1, 0.15) is 5.56 Å². The molecule has 1 aromatic carbocycles. The third-order valence-corrected chi connectivity index (χ3v) is 3.27. The smallest absolute Gasteiger partial charge is 0.342 e. The molecular formula is C9H7N5O4S. The van der Waals surface area contributed by atoms with Crippen molar-refractivity contribution in [3.8, 4) is 0 Å². The minimum absolute atomic E-state index is 0.169. The number of benzene rings is 1. The molecule has 0 amide bonds. The summed E-state index contributed by atoms with van der Waals surface area (Å²) >= 11 is 0.929. The van der Waals surface area contributed by atoms with Crippen molar-refractivity contribution in [3.05, 3.63) is 33.9 Å². The topological polar surface area (TPSA) is 124 Å². The van der Waals surface area contributed by atoms with Crippen LogP contribution in [-0.2, 0) is 7.05 Å². The van der Waals surface area contributed by atoms with Crippen LogP contribution in [0, 0.1) is 10.1 Å². The van der Waals surface area contributed by atoms with E-state index < -0.39 is 16.6 Å². The number of hydrogen-bond donors (Lipinski definition) is 1. The fraction of sp³-hybridized carbons (Fsp3) is 0.111. The number of aromatic carboxylic acids is 1. The van der Waals surface area contributed by atoms with Crippen LogP contribution in [0.15, 0.2) is 28.3 Å². The molecule has 2 aromatic rings. The first kappa shape index (κ1) is 13.0. The Bertz CT molecular complexity index is 656. The van der Waals surface area contributed by atoms with Crippen LogP contribution in [0.3, 0.4) is 0 Å². The molecule has 0 atom stereocenters. The Labute approximate surface area is 110 Å². The number of aryl methyl sites for hydroxylation is 1. The second-order valence-electron chi connectivity index (χ2n) is 3.40. The second kappa shape index (κ2) is 5.02. The zero-order valence-corrected chi connectivity index (χ0v) is 10.4. The quantitative estimate of drug-likeness (QED) is 0.649. The lowest BCUT2D eigenvalue weighted by Crippen LogP contribution is -2.04. The molecule has 0 saturated carbocycles. The van der Waals surface area contributed by atoms with Gasteiger partial charge in [-0.05, 0) is 34.3 Å². The van der Waals surface area contributed by atoms with E-state index in [-0.39, 0.29) is 10.5 Å². The molecule has 0 aliphatic heterocycles. The van der Waals surface area contributed by atoms with E-state index in [1.807, 2.05) is 0 Å². The number of nitrogens with zero attached hydrogens (tertiary/aromatic N) is 5. The summed E-state index contributed by atoms with van der Waals surface area (Å²) in [5.41, 5.74) is -0.840. The number of carboxylic acid groups (broad SMARTS) is 1. The Balaban J connectivity index is 2.51.